The highest BCUT2D eigenvalue weighted by Gasteiger charge is 2.10. The Kier molecular flexibility index (Phi) is 5.00. The Morgan fingerprint density at radius 2 is 1.81 bits per heavy atom. The standard InChI is InChI=1S/C17H24N4/c1-2-4-8-14(7-3-1)18-11-12-19-17-13-20-21-16-10-6-5-9-15(16)17/h5-6,9-10,13-14,18H,1-4,7-8,11-12H2,(H,19,21). The highest BCUT2D eigenvalue weighted by atomic mass is 15.1. The molecule has 4 heteroatoms. The summed E-state index contributed by atoms with van der Waals surface area (Å²) in [6.07, 6.45) is 10.1. The molecule has 21 heavy (non-hydrogen) atoms. The molecule has 0 bridgehead atoms. The summed E-state index contributed by atoms with van der Waals surface area (Å²) in [6.45, 7) is 1.92. The van der Waals surface area contributed by atoms with Crippen molar-refractivity contribution in [2.45, 2.75) is 44.6 Å². The Balaban J connectivity index is 1.50. The summed E-state index contributed by atoms with van der Waals surface area (Å²) >= 11 is 0. The lowest BCUT2D eigenvalue weighted by Crippen LogP contribution is -2.32. The number of hydrogen-bond acceptors (Lipinski definition) is 4. The molecule has 3 rings (SSSR count). The number of hydrogen-bond donors (Lipinski definition) is 2. The molecule has 4 nitrogen and oxygen atoms in total. The van der Waals surface area contributed by atoms with Crippen LogP contribution in [0.5, 0.6) is 0 Å². The van der Waals surface area contributed by atoms with E-state index in [4.69, 9.17) is 0 Å². The largest absolute Gasteiger partial charge is 0.382 e. The topological polar surface area (TPSA) is 49.8 Å². The fourth-order valence-corrected chi connectivity index (χ4v) is 3.10. The van der Waals surface area contributed by atoms with E-state index in [9.17, 15) is 0 Å². The van der Waals surface area contributed by atoms with E-state index in [1.165, 1.54) is 38.5 Å². The summed E-state index contributed by atoms with van der Waals surface area (Å²) in [5, 5.41) is 16.5. The van der Waals surface area contributed by atoms with Gasteiger partial charge in [0.25, 0.3) is 0 Å². The van der Waals surface area contributed by atoms with Crippen molar-refractivity contribution in [2.75, 3.05) is 18.4 Å². The van der Waals surface area contributed by atoms with E-state index in [1.807, 2.05) is 24.4 Å². The van der Waals surface area contributed by atoms with Crippen LogP contribution in [0.15, 0.2) is 30.5 Å². The van der Waals surface area contributed by atoms with Gasteiger partial charge in [-0.2, -0.15) is 10.2 Å². The van der Waals surface area contributed by atoms with Gasteiger partial charge in [0.05, 0.1) is 17.4 Å². The minimum absolute atomic E-state index is 0.710. The van der Waals surface area contributed by atoms with Crippen molar-refractivity contribution in [1.82, 2.24) is 15.5 Å². The fourth-order valence-electron chi connectivity index (χ4n) is 3.10. The van der Waals surface area contributed by atoms with E-state index in [-0.39, 0.29) is 0 Å². The average Bonchev–Trinajstić information content (AvgIpc) is 2.80. The molecule has 1 aromatic carbocycles. The SMILES string of the molecule is c1ccc2c(NCCNC3CCCCCC3)cnnc2c1. The minimum atomic E-state index is 0.710. The van der Waals surface area contributed by atoms with Gasteiger partial charge in [0.1, 0.15) is 0 Å². The van der Waals surface area contributed by atoms with E-state index in [1.54, 1.807) is 0 Å². The highest BCUT2D eigenvalue weighted by molar-refractivity contribution is 5.90. The molecule has 2 N–H and O–H groups in total. The lowest BCUT2D eigenvalue weighted by molar-refractivity contribution is 0.468. The van der Waals surface area contributed by atoms with Crippen LogP contribution in [0.2, 0.25) is 0 Å². The lowest BCUT2D eigenvalue weighted by atomic mass is 10.1. The quantitative estimate of drug-likeness (QED) is 0.653. The van der Waals surface area contributed by atoms with Crippen LogP contribution in [-0.2, 0) is 0 Å². The molecule has 0 saturated heterocycles. The van der Waals surface area contributed by atoms with Crippen molar-refractivity contribution in [3.8, 4) is 0 Å². The molecular formula is C17H24N4. The van der Waals surface area contributed by atoms with Crippen LogP contribution in [-0.4, -0.2) is 29.3 Å². The summed E-state index contributed by atoms with van der Waals surface area (Å²) in [6, 6.07) is 8.83. The summed E-state index contributed by atoms with van der Waals surface area (Å²) < 4.78 is 0. The first kappa shape index (κ1) is 14.3. The van der Waals surface area contributed by atoms with E-state index >= 15 is 0 Å². The average molecular weight is 284 g/mol. The van der Waals surface area contributed by atoms with E-state index in [2.05, 4.69) is 26.9 Å². The van der Waals surface area contributed by atoms with E-state index < -0.39 is 0 Å². The second-order valence-corrected chi connectivity index (χ2v) is 5.84. The Morgan fingerprint density at radius 1 is 1.00 bits per heavy atom. The Labute approximate surface area is 126 Å². The summed E-state index contributed by atoms with van der Waals surface area (Å²) in [7, 11) is 0. The van der Waals surface area contributed by atoms with Gasteiger partial charge in [-0.25, -0.2) is 0 Å². The monoisotopic (exact) mass is 284 g/mol. The van der Waals surface area contributed by atoms with Gasteiger partial charge in [0, 0.05) is 24.5 Å². The van der Waals surface area contributed by atoms with Crippen molar-refractivity contribution < 1.29 is 0 Å². The third kappa shape index (κ3) is 3.91. The second kappa shape index (κ2) is 7.36. The zero-order valence-corrected chi connectivity index (χ0v) is 12.5. The number of anilines is 1. The summed E-state index contributed by atoms with van der Waals surface area (Å²) in [4.78, 5) is 0. The number of benzene rings is 1. The van der Waals surface area contributed by atoms with Crippen LogP contribution >= 0.6 is 0 Å². The first-order valence-electron chi connectivity index (χ1n) is 8.11. The molecule has 112 valence electrons. The normalized spacial score (nSPS) is 16.8. The molecule has 1 aliphatic rings. The summed E-state index contributed by atoms with van der Waals surface area (Å²) in [5.74, 6) is 0. The maximum Gasteiger partial charge on any atom is 0.0950 e. The first-order valence-corrected chi connectivity index (χ1v) is 8.11. The number of nitrogens with one attached hydrogen (secondary N) is 2. The number of aromatic nitrogens is 2. The molecule has 0 radical (unpaired) electrons. The maximum absolute atomic E-state index is 4.15. The minimum Gasteiger partial charge on any atom is -0.382 e. The molecule has 0 atom stereocenters. The van der Waals surface area contributed by atoms with Crippen molar-refractivity contribution >= 4 is 16.6 Å². The molecule has 1 aromatic heterocycles. The van der Waals surface area contributed by atoms with Gasteiger partial charge in [-0.3, -0.25) is 0 Å². The van der Waals surface area contributed by atoms with Gasteiger partial charge >= 0.3 is 0 Å². The molecular weight excluding hydrogens is 260 g/mol. The maximum atomic E-state index is 4.15. The number of rotatable bonds is 5. The second-order valence-electron chi connectivity index (χ2n) is 5.84. The Bertz CT molecular complexity index is 556. The van der Waals surface area contributed by atoms with Crippen LogP contribution in [0, 0.1) is 0 Å². The summed E-state index contributed by atoms with van der Waals surface area (Å²) in [5.41, 5.74) is 2.02. The van der Waals surface area contributed by atoms with Crippen molar-refractivity contribution in [3.63, 3.8) is 0 Å². The van der Waals surface area contributed by atoms with Crippen molar-refractivity contribution in [1.29, 1.82) is 0 Å². The Morgan fingerprint density at radius 3 is 2.67 bits per heavy atom. The molecule has 1 heterocycles. The Hall–Kier alpha value is -1.68. The zero-order valence-electron chi connectivity index (χ0n) is 12.5. The van der Waals surface area contributed by atoms with Crippen molar-refractivity contribution in [3.05, 3.63) is 30.5 Å². The molecule has 0 amide bonds. The molecule has 0 spiro atoms. The van der Waals surface area contributed by atoms with Gasteiger partial charge < -0.3 is 10.6 Å². The van der Waals surface area contributed by atoms with Crippen LogP contribution < -0.4 is 10.6 Å². The van der Waals surface area contributed by atoms with Gasteiger partial charge in [-0.15, -0.1) is 0 Å². The van der Waals surface area contributed by atoms with Crippen LogP contribution in [0.25, 0.3) is 10.9 Å². The van der Waals surface area contributed by atoms with Gasteiger partial charge in [0.15, 0.2) is 0 Å². The predicted molar refractivity (Wildman–Crippen MR) is 87.5 cm³/mol. The molecule has 0 aliphatic heterocycles. The first-order chi connectivity index (χ1) is 10.4. The molecule has 1 aliphatic carbocycles. The third-order valence-corrected chi connectivity index (χ3v) is 4.28. The van der Waals surface area contributed by atoms with Gasteiger partial charge in [-0.05, 0) is 18.9 Å². The predicted octanol–water partition coefficient (Wildman–Crippen LogP) is 3.35. The fraction of sp³-hybridized carbons (Fsp3) is 0.529. The van der Waals surface area contributed by atoms with Crippen LogP contribution in [0.1, 0.15) is 38.5 Å². The van der Waals surface area contributed by atoms with E-state index in [0.29, 0.717) is 6.04 Å². The zero-order chi connectivity index (χ0) is 14.3. The third-order valence-electron chi connectivity index (χ3n) is 4.28. The molecule has 2 aromatic rings. The molecule has 0 unspecified atom stereocenters. The number of fused-ring (bicyclic) bond motifs is 1. The van der Waals surface area contributed by atoms with Gasteiger partial charge in [-0.1, -0.05) is 43.9 Å². The van der Waals surface area contributed by atoms with Gasteiger partial charge in [0.2, 0.25) is 0 Å². The lowest BCUT2D eigenvalue weighted by Gasteiger charge is -2.16. The molecule has 1 saturated carbocycles. The highest BCUT2D eigenvalue weighted by Crippen LogP contribution is 2.19. The van der Waals surface area contributed by atoms with Crippen LogP contribution in [0.3, 0.4) is 0 Å². The molecule has 1 fully saturated rings. The number of nitrogens with zero attached hydrogens (tertiary/aromatic N) is 2. The smallest absolute Gasteiger partial charge is 0.0950 e. The van der Waals surface area contributed by atoms with E-state index in [0.717, 1.165) is 29.7 Å². The van der Waals surface area contributed by atoms with Crippen molar-refractivity contribution in [2.24, 2.45) is 0 Å². The van der Waals surface area contributed by atoms with Crippen LogP contribution in [0.4, 0.5) is 5.69 Å².